The number of hydrogen-bond donors (Lipinski definition) is 1. The molecule has 1 heterocycles. The van der Waals surface area contributed by atoms with E-state index in [2.05, 4.69) is 5.32 Å². The zero-order valence-electron chi connectivity index (χ0n) is 18.5. The molecule has 168 valence electrons. The molecule has 0 aromatic heterocycles. The normalized spacial score (nSPS) is 16.6. The maximum absolute atomic E-state index is 12.8. The lowest BCUT2D eigenvalue weighted by Crippen LogP contribution is -2.46. The number of sulfonamides is 1. The van der Waals surface area contributed by atoms with E-state index in [1.165, 1.54) is 4.31 Å². The van der Waals surface area contributed by atoms with E-state index in [1.54, 1.807) is 0 Å². The standard InChI is InChI=1S/C24H32N2O4S/c1-18-8-4-6-10-22(18)17-31(28,29)26-14-12-21(13-15-26)24(27)25-20(3)16-30-23-11-7-5-9-19(23)2/h4-11,20-21H,12-17H2,1-3H3,(H,25,27)/t20-/m0/s1. The number of para-hydroxylation sites is 1. The second-order valence-corrected chi connectivity index (χ2v) is 10.3. The SMILES string of the molecule is Cc1ccccc1CS(=O)(=O)N1CCC(C(=O)N[C@@H](C)COc2ccccc2C)CC1. The number of carbonyl (C=O) groups excluding carboxylic acids is 1. The minimum absolute atomic E-state index is 0.00378. The maximum atomic E-state index is 12.8. The summed E-state index contributed by atoms with van der Waals surface area (Å²) in [4.78, 5) is 12.6. The van der Waals surface area contributed by atoms with Gasteiger partial charge in [-0.2, -0.15) is 0 Å². The molecule has 2 aromatic carbocycles. The summed E-state index contributed by atoms with van der Waals surface area (Å²) in [5, 5.41) is 3.01. The molecule has 0 bridgehead atoms. The molecule has 0 radical (unpaired) electrons. The lowest BCUT2D eigenvalue weighted by Gasteiger charge is -2.31. The van der Waals surface area contributed by atoms with Crippen LogP contribution in [0.25, 0.3) is 0 Å². The molecule has 1 N–H and O–H groups in total. The zero-order valence-corrected chi connectivity index (χ0v) is 19.3. The van der Waals surface area contributed by atoms with E-state index in [-0.39, 0.29) is 23.6 Å². The van der Waals surface area contributed by atoms with Gasteiger partial charge in [-0.3, -0.25) is 4.79 Å². The highest BCUT2D eigenvalue weighted by Gasteiger charge is 2.31. The molecule has 1 fully saturated rings. The van der Waals surface area contributed by atoms with Crippen LogP contribution in [-0.4, -0.2) is 44.4 Å². The molecule has 1 saturated heterocycles. The molecule has 1 aliphatic rings. The molecule has 3 rings (SSSR count). The Balaban J connectivity index is 1.47. The van der Waals surface area contributed by atoms with Crippen molar-refractivity contribution in [2.75, 3.05) is 19.7 Å². The van der Waals surface area contributed by atoms with Crippen LogP contribution in [0, 0.1) is 19.8 Å². The number of aryl methyl sites for hydroxylation is 2. The van der Waals surface area contributed by atoms with Crippen molar-refractivity contribution in [2.45, 2.75) is 45.4 Å². The van der Waals surface area contributed by atoms with E-state index in [0.29, 0.717) is 32.5 Å². The summed E-state index contributed by atoms with van der Waals surface area (Å²) >= 11 is 0. The van der Waals surface area contributed by atoms with Crippen molar-refractivity contribution < 1.29 is 17.9 Å². The molecule has 31 heavy (non-hydrogen) atoms. The van der Waals surface area contributed by atoms with Gasteiger partial charge in [-0.25, -0.2) is 12.7 Å². The Morgan fingerprint density at radius 1 is 1.06 bits per heavy atom. The average molecular weight is 445 g/mol. The van der Waals surface area contributed by atoms with Gasteiger partial charge < -0.3 is 10.1 Å². The Morgan fingerprint density at radius 3 is 2.32 bits per heavy atom. The topological polar surface area (TPSA) is 75.7 Å². The predicted molar refractivity (Wildman–Crippen MR) is 122 cm³/mol. The van der Waals surface area contributed by atoms with Crippen LogP contribution < -0.4 is 10.1 Å². The highest BCUT2D eigenvalue weighted by molar-refractivity contribution is 7.88. The van der Waals surface area contributed by atoms with Gasteiger partial charge in [0.2, 0.25) is 15.9 Å². The van der Waals surface area contributed by atoms with Gasteiger partial charge in [0.15, 0.2) is 0 Å². The Kier molecular flexibility index (Phi) is 7.73. The Morgan fingerprint density at radius 2 is 1.68 bits per heavy atom. The van der Waals surface area contributed by atoms with E-state index in [1.807, 2.05) is 69.3 Å². The molecule has 0 saturated carbocycles. The van der Waals surface area contributed by atoms with E-state index in [4.69, 9.17) is 4.74 Å². The van der Waals surface area contributed by atoms with Crippen LogP contribution in [0.2, 0.25) is 0 Å². The van der Waals surface area contributed by atoms with Crippen molar-refractivity contribution in [1.29, 1.82) is 0 Å². The van der Waals surface area contributed by atoms with Crippen LogP contribution in [0.1, 0.15) is 36.5 Å². The summed E-state index contributed by atoms with van der Waals surface area (Å²) < 4.78 is 33.0. The molecule has 7 heteroatoms. The quantitative estimate of drug-likeness (QED) is 0.677. The van der Waals surface area contributed by atoms with Crippen LogP contribution in [0.5, 0.6) is 5.75 Å². The van der Waals surface area contributed by atoms with Gasteiger partial charge in [-0.1, -0.05) is 42.5 Å². The summed E-state index contributed by atoms with van der Waals surface area (Å²) in [5.74, 6) is 0.613. The van der Waals surface area contributed by atoms with Crippen molar-refractivity contribution in [1.82, 2.24) is 9.62 Å². The van der Waals surface area contributed by atoms with Crippen molar-refractivity contribution in [3.63, 3.8) is 0 Å². The van der Waals surface area contributed by atoms with Crippen LogP contribution >= 0.6 is 0 Å². The first-order valence-electron chi connectivity index (χ1n) is 10.8. The molecule has 0 unspecified atom stereocenters. The maximum Gasteiger partial charge on any atom is 0.223 e. The van der Waals surface area contributed by atoms with Gasteiger partial charge in [0.25, 0.3) is 0 Å². The fourth-order valence-electron chi connectivity index (χ4n) is 3.79. The van der Waals surface area contributed by atoms with Gasteiger partial charge in [-0.15, -0.1) is 0 Å². The molecule has 6 nitrogen and oxygen atoms in total. The van der Waals surface area contributed by atoms with Crippen LogP contribution in [-0.2, 0) is 20.6 Å². The third kappa shape index (κ3) is 6.31. The summed E-state index contributed by atoms with van der Waals surface area (Å²) in [6.45, 7) is 6.96. The van der Waals surface area contributed by atoms with Crippen LogP contribution in [0.3, 0.4) is 0 Å². The number of ether oxygens (including phenoxy) is 1. The largest absolute Gasteiger partial charge is 0.491 e. The molecular formula is C24H32N2O4S. The average Bonchev–Trinajstić information content (AvgIpc) is 2.75. The first-order valence-corrected chi connectivity index (χ1v) is 12.4. The molecule has 0 aliphatic carbocycles. The van der Waals surface area contributed by atoms with E-state index in [0.717, 1.165) is 22.4 Å². The number of amides is 1. The molecule has 1 atom stereocenters. The van der Waals surface area contributed by atoms with Crippen molar-refractivity contribution in [3.8, 4) is 5.75 Å². The third-order valence-electron chi connectivity index (χ3n) is 5.79. The fraction of sp³-hybridized carbons (Fsp3) is 0.458. The summed E-state index contributed by atoms with van der Waals surface area (Å²) in [7, 11) is -3.39. The number of nitrogens with one attached hydrogen (secondary N) is 1. The third-order valence-corrected chi connectivity index (χ3v) is 7.62. The highest BCUT2D eigenvalue weighted by Crippen LogP contribution is 2.23. The Bertz CT molecular complexity index is 998. The summed E-state index contributed by atoms with van der Waals surface area (Å²) in [6, 6.07) is 15.2. The van der Waals surface area contributed by atoms with Crippen molar-refractivity contribution in [3.05, 3.63) is 65.2 Å². The zero-order chi connectivity index (χ0) is 22.4. The minimum atomic E-state index is -3.39. The van der Waals surface area contributed by atoms with Crippen LogP contribution in [0.4, 0.5) is 0 Å². The molecule has 1 amide bonds. The first-order chi connectivity index (χ1) is 14.8. The lowest BCUT2D eigenvalue weighted by atomic mass is 9.97. The van der Waals surface area contributed by atoms with Gasteiger partial charge in [0, 0.05) is 19.0 Å². The van der Waals surface area contributed by atoms with Gasteiger partial charge in [-0.05, 0) is 56.4 Å². The number of carbonyl (C=O) groups is 1. The minimum Gasteiger partial charge on any atom is -0.491 e. The van der Waals surface area contributed by atoms with E-state index >= 15 is 0 Å². The second kappa shape index (κ2) is 10.3. The van der Waals surface area contributed by atoms with Crippen molar-refractivity contribution >= 4 is 15.9 Å². The van der Waals surface area contributed by atoms with Gasteiger partial charge in [0.1, 0.15) is 12.4 Å². The number of hydrogen-bond acceptors (Lipinski definition) is 4. The number of piperidine rings is 1. The number of nitrogens with zero attached hydrogens (tertiary/aromatic N) is 1. The lowest BCUT2D eigenvalue weighted by molar-refractivity contribution is -0.126. The van der Waals surface area contributed by atoms with Gasteiger partial charge >= 0.3 is 0 Å². The fourth-order valence-corrected chi connectivity index (χ4v) is 5.46. The number of rotatable bonds is 8. The molecular weight excluding hydrogens is 412 g/mol. The van der Waals surface area contributed by atoms with E-state index in [9.17, 15) is 13.2 Å². The monoisotopic (exact) mass is 444 g/mol. The van der Waals surface area contributed by atoms with Crippen molar-refractivity contribution in [2.24, 2.45) is 5.92 Å². The Labute approximate surface area is 185 Å². The summed E-state index contributed by atoms with van der Waals surface area (Å²) in [5.41, 5.74) is 2.85. The second-order valence-electron chi connectivity index (χ2n) is 8.34. The number of benzene rings is 2. The van der Waals surface area contributed by atoms with Gasteiger partial charge in [0.05, 0.1) is 11.8 Å². The van der Waals surface area contributed by atoms with Crippen LogP contribution in [0.15, 0.2) is 48.5 Å². The summed E-state index contributed by atoms with van der Waals surface area (Å²) in [6.07, 6.45) is 1.06. The molecule has 0 spiro atoms. The highest BCUT2D eigenvalue weighted by atomic mass is 32.2. The Hall–Kier alpha value is -2.38. The molecule has 1 aliphatic heterocycles. The van der Waals surface area contributed by atoms with E-state index < -0.39 is 10.0 Å². The smallest absolute Gasteiger partial charge is 0.223 e. The molecule has 2 aromatic rings. The first kappa shape index (κ1) is 23.3. The predicted octanol–water partition coefficient (Wildman–Crippen LogP) is 3.43.